The van der Waals surface area contributed by atoms with Gasteiger partial charge in [0, 0.05) is 22.7 Å². The van der Waals surface area contributed by atoms with Crippen LogP contribution in [0.5, 0.6) is 0 Å². The quantitative estimate of drug-likeness (QED) is 0.473. The lowest BCUT2D eigenvalue weighted by atomic mass is 10.2. The van der Waals surface area contributed by atoms with Gasteiger partial charge in [-0.05, 0) is 31.2 Å². The third-order valence-electron chi connectivity index (χ3n) is 3.53. The lowest BCUT2D eigenvalue weighted by Crippen LogP contribution is -2.16. The molecule has 1 aromatic heterocycles. The van der Waals surface area contributed by atoms with Gasteiger partial charge in [-0.25, -0.2) is 4.68 Å². The molecule has 0 saturated carbocycles. The van der Waals surface area contributed by atoms with Crippen LogP contribution in [0.2, 0.25) is 5.02 Å². The van der Waals surface area contributed by atoms with Gasteiger partial charge in [-0.3, -0.25) is 14.9 Å². The summed E-state index contributed by atoms with van der Waals surface area (Å²) >= 11 is 9.43. The Labute approximate surface area is 161 Å². The molecular formula is C17H12BrClN4O3. The van der Waals surface area contributed by atoms with Crippen LogP contribution >= 0.6 is 27.5 Å². The zero-order valence-electron chi connectivity index (χ0n) is 13.4. The molecule has 0 unspecified atom stereocenters. The van der Waals surface area contributed by atoms with Crippen molar-refractivity contribution >= 4 is 44.9 Å². The normalized spacial score (nSPS) is 10.6. The van der Waals surface area contributed by atoms with Crippen molar-refractivity contribution < 1.29 is 9.72 Å². The number of nitrogens with zero attached hydrogens (tertiary/aromatic N) is 3. The maximum absolute atomic E-state index is 12.6. The minimum Gasteiger partial charge on any atom is -0.306 e. The number of hydrogen-bond donors (Lipinski definition) is 1. The standard InChI is InChI=1S/C17H12BrClN4O3/c1-10-7-16(22(21-10)12-4-2-3-11(18)8-12)20-17(24)14-9-13(23(25)26)5-6-15(14)19/h2-9H,1H3,(H,20,24). The Bertz CT molecular complexity index is 1020. The van der Waals surface area contributed by atoms with Crippen molar-refractivity contribution in [2.45, 2.75) is 6.92 Å². The van der Waals surface area contributed by atoms with Gasteiger partial charge < -0.3 is 5.32 Å². The number of benzene rings is 2. The van der Waals surface area contributed by atoms with Gasteiger partial charge in [0.25, 0.3) is 11.6 Å². The molecular weight excluding hydrogens is 424 g/mol. The monoisotopic (exact) mass is 434 g/mol. The third-order valence-corrected chi connectivity index (χ3v) is 4.35. The van der Waals surface area contributed by atoms with Crippen LogP contribution in [0.25, 0.3) is 5.69 Å². The number of anilines is 1. The van der Waals surface area contributed by atoms with Gasteiger partial charge in [-0.1, -0.05) is 33.6 Å². The Morgan fingerprint density at radius 3 is 2.73 bits per heavy atom. The Kier molecular flexibility index (Phi) is 5.06. The predicted octanol–water partition coefficient (Wildman–Crippen LogP) is 4.76. The minimum atomic E-state index is -0.580. The highest BCUT2D eigenvalue weighted by Crippen LogP contribution is 2.25. The van der Waals surface area contributed by atoms with E-state index in [-0.39, 0.29) is 16.3 Å². The number of aromatic nitrogens is 2. The van der Waals surface area contributed by atoms with Gasteiger partial charge in [-0.15, -0.1) is 0 Å². The number of carbonyl (C=O) groups excluding carboxylic acids is 1. The molecule has 0 fully saturated rings. The van der Waals surface area contributed by atoms with Crippen LogP contribution in [0.4, 0.5) is 11.5 Å². The SMILES string of the molecule is Cc1cc(NC(=O)c2cc([N+](=O)[O-])ccc2Cl)n(-c2cccc(Br)c2)n1. The number of non-ortho nitro benzene ring substituents is 1. The molecule has 132 valence electrons. The highest BCUT2D eigenvalue weighted by atomic mass is 79.9. The number of nitro groups is 1. The molecule has 1 heterocycles. The van der Waals surface area contributed by atoms with Crippen molar-refractivity contribution in [1.29, 1.82) is 0 Å². The zero-order chi connectivity index (χ0) is 18.8. The lowest BCUT2D eigenvalue weighted by Gasteiger charge is -2.10. The number of carbonyl (C=O) groups is 1. The van der Waals surface area contributed by atoms with Crippen molar-refractivity contribution in [3.8, 4) is 5.69 Å². The fraction of sp³-hybridized carbons (Fsp3) is 0.0588. The third kappa shape index (κ3) is 3.76. The first-order valence-electron chi connectivity index (χ1n) is 7.43. The smallest absolute Gasteiger partial charge is 0.270 e. The molecule has 1 amide bonds. The minimum absolute atomic E-state index is 0.0144. The molecule has 2 aromatic carbocycles. The number of nitrogens with one attached hydrogen (secondary N) is 1. The number of halogens is 2. The van der Waals surface area contributed by atoms with Crippen molar-refractivity contribution in [2.75, 3.05) is 5.32 Å². The number of nitro benzene ring substituents is 1. The van der Waals surface area contributed by atoms with Crippen LogP contribution in [0.1, 0.15) is 16.1 Å². The number of aryl methyl sites for hydroxylation is 1. The highest BCUT2D eigenvalue weighted by molar-refractivity contribution is 9.10. The Morgan fingerprint density at radius 2 is 2.04 bits per heavy atom. The summed E-state index contributed by atoms with van der Waals surface area (Å²) in [6.45, 7) is 1.80. The molecule has 0 saturated heterocycles. The van der Waals surface area contributed by atoms with E-state index in [1.165, 1.54) is 12.1 Å². The molecule has 3 aromatic rings. The number of rotatable bonds is 4. The van der Waals surface area contributed by atoms with Gasteiger partial charge in [0.2, 0.25) is 0 Å². The summed E-state index contributed by atoms with van der Waals surface area (Å²) < 4.78 is 2.44. The average molecular weight is 436 g/mol. The van der Waals surface area contributed by atoms with Crippen LogP contribution in [-0.2, 0) is 0 Å². The molecule has 26 heavy (non-hydrogen) atoms. The molecule has 0 aliphatic heterocycles. The summed E-state index contributed by atoms with van der Waals surface area (Å²) in [4.78, 5) is 23.0. The molecule has 0 spiro atoms. The van der Waals surface area contributed by atoms with E-state index in [2.05, 4.69) is 26.3 Å². The Morgan fingerprint density at radius 1 is 1.27 bits per heavy atom. The summed E-state index contributed by atoms with van der Waals surface area (Å²) in [6.07, 6.45) is 0. The van der Waals surface area contributed by atoms with Crippen molar-refractivity contribution in [2.24, 2.45) is 0 Å². The molecule has 0 aliphatic rings. The Hall–Kier alpha value is -2.71. The zero-order valence-corrected chi connectivity index (χ0v) is 15.8. The van der Waals surface area contributed by atoms with Crippen molar-refractivity contribution in [3.63, 3.8) is 0 Å². The second kappa shape index (κ2) is 7.27. The van der Waals surface area contributed by atoms with Crippen LogP contribution in [0.3, 0.4) is 0 Å². The van der Waals surface area contributed by atoms with Gasteiger partial charge in [0.1, 0.15) is 5.82 Å². The van der Waals surface area contributed by atoms with E-state index >= 15 is 0 Å². The molecule has 3 rings (SSSR count). The van der Waals surface area contributed by atoms with E-state index < -0.39 is 10.8 Å². The van der Waals surface area contributed by atoms with E-state index in [0.717, 1.165) is 16.2 Å². The fourth-order valence-electron chi connectivity index (χ4n) is 2.38. The fourth-order valence-corrected chi connectivity index (χ4v) is 2.97. The first kappa shape index (κ1) is 18.1. The maximum atomic E-state index is 12.6. The van der Waals surface area contributed by atoms with Crippen LogP contribution in [0.15, 0.2) is 53.0 Å². The van der Waals surface area contributed by atoms with Gasteiger partial charge in [0.05, 0.1) is 26.9 Å². The van der Waals surface area contributed by atoms with Gasteiger partial charge in [0.15, 0.2) is 0 Å². The van der Waals surface area contributed by atoms with E-state index in [1.807, 2.05) is 24.3 Å². The van der Waals surface area contributed by atoms with Crippen LogP contribution in [-0.4, -0.2) is 20.6 Å². The molecule has 9 heteroatoms. The molecule has 0 aliphatic carbocycles. The molecule has 0 atom stereocenters. The summed E-state index contributed by atoms with van der Waals surface area (Å²) in [5.74, 6) is -0.136. The maximum Gasteiger partial charge on any atom is 0.270 e. The van der Waals surface area contributed by atoms with Gasteiger partial charge in [-0.2, -0.15) is 5.10 Å². The molecule has 0 radical (unpaired) electrons. The second-order valence-electron chi connectivity index (χ2n) is 5.44. The number of hydrogen-bond acceptors (Lipinski definition) is 4. The Balaban J connectivity index is 1.96. The van der Waals surface area contributed by atoms with Crippen LogP contribution < -0.4 is 5.32 Å². The van der Waals surface area contributed by atoms with Crippen molar-refractivity contribution in [3.05, 3.63) is 79.4 Å². The first-order chi connectivity index (χ1) is 12.3. The number of amides is 1. The molecule has 7 nitrogen and oxygen atoms in total. The topological polar surface area (TPSA) is 90.1 Å². The summed E-state index contributed by atoms with van der Waals surface area (Å²) in [5, 5.41) is 18.1. The summed E-state index contributed by atoms with van der Waals surface area (Å²) in [5.41, 5.74) is 1.25. The predicted molar refractivity (Wildman–Crippen MR) is 102 cm³/mol. The first-order valence-corrected chi connectivity index (χ1v) is 8.60. The summed E-state index contributed by atoms with van der Waals surface area (Å²) in [7, 11) is 0. The van der Waals surface area contributed by atoms with E-state index in [4.69, 9.17) is 11.6 Å². The highest BCUT2D eigenvalue weighted by Gasteiger charge is 2.18. The lowest BCUT2D eigenvalue weighted by molar-refractivity contribution is -0.384. The van der Waals surface area contributed by atoms with E-state index in [9.17, 15) is 14.9 Å². The second-order valence-corrected chi connectivity index (χ2v) is 6.76. The largest absolute Gasteiger partial charge is 0.306 e. The van der Waals surface area contributed by atoms with E-state index in [1.54, 1.807) is 17.7 Å². The van der Waals surface area contributed by atoms with E-state index in [0.29, 0.717) is 11.5 Å². The average Bonchev–Trinajstić information content (AvgIpc) is 2.95. The molecule has 0 bridgehead atoms. The van der Waals surface area contributed by atoms with Gasteiger partial charge >= 0.3 is 0 Å². The summed E-state index contributed by atoms with van der Waals surface area (Å²) in [6, 6.07) is 12.8. The van der Waals surface area contributed by atoms with Crippen molar-refractivity contribution in [1.82, 2.24) is 9.78 Å². The van der Waals surface area contributed by atoms with Crippen LogP contribution in [0, 0.1) is 17.0 Å². The molecule has 1 N–H and O–H groups in total.